The second kappa shape index (κ2) is 19.3. The van der Waals surface area contributed by atoms with Crippen molar-refractivity contribution >= 4 is 46.4 Å². The van der Waals surface area contributed by atoms with E-state index in [4.69, 9.17) is 24.3 Å². The molecule has 0 aliphatic carbocycles. The first-order valence-corrected chi connectivity index (χ1v) is 22.8. The van der Waals surface area contributed by atoms with Crippen molar-refractivity contribution in [3.63, 3.8) is 0 Å². The zero-order valence-corrected chi connectivity index (χ0v) is 39.3. The van der Waals surface area contributed by atoms with Gasteiger partial charge in [-0.2, -0.15) is 0 Å². The van der Waals surface area contributed by atoms with E-state index < -0.39 is 53.5 Å². The van der Waals surface area contributed by atoms with Crippen molar-refractivity contribution in [1.82, 2.24) is 40.1 Å². The Morgan fingerprint density at radius 1 is 1.14 bits per heavy atom. The van der Waals surface area contributed by atoms with Gasteiger partial charge in [0.2, 0.25) is 29.8 Å². The molecule has 6 bridgehead atoms. The molecule has 7 rings (SSSR count). The number of hydrogen-bond acceptors (Lipinski definition) is 12. The second-order valence-electron chi connectivity index (χ2n) is 18.8. The SMILES string of the molecule is C=CC(=O)N1CC[C@H](C(=O)N(C)[C@H](C(=O)N[C@H]2CC3=NN(C)C(O3)c3ccc4c(c3)c(c(-c3cccnc3[C@H](C)OC)n4CC)CC(C)(C)COC(=O)[C@@H]3CCCN(N3)C2=O)C(C)C)C1. The number of nitrogens with one attached hydrogen (secondary N) is 2. The van der Waals surface area contributed by atoms with Gasteiger partial charge < -0.3 is 33.9 Å². The van der Waals surface area contributed by atoms with Crippen LogP contribution in [0, 0.1) is 17.3 Å². The van der Waals surface area contributed by atoms with E-state index in [0.29, 0.717) is 38.8 Å². The number of carbonyl (C=O) groups excluding carboxylic acids is 5. The molecule has 2 N–H and O–H groups in total. The quantitative estimate of drug-likeness (QED) is 0.213. The van der Waals surface area contributed by atoms with Crippen molar-refractivity contribution in [2.75, 3.05) is 47.4 Å². The average Bonchev–Trinajstić information content (AvgIpc) is 4.02. The van der Waals surface area contributed by atoms with E-state index in [0.717, 1.165) is 39.0 Å². The number of cyclic esters (lactones) is 1. The Kier molecular flexibility index (Phi) is 14.0. The number of ether oxygens (including phenoxy) is 3. The van der Waals surface area contributed by atoms with E-state index in [1.807, 2.05) is 40.0 Å². The number of nitrogens with zero attached hydrogens (tertiary/aromatic N) is 7. The molecule has 1 aromatic carbocycles. The number of likely N-dealkylation sites (N-methyl/N-ethyl adjacent to an activating group) is 1. The van der Waals surface area contributed by atoms with Crippen LogP contribution in [0.25, 0.3) is 22.2 Å². The molecule has 65 heavy (non-hydrogen) atoms. The topological polar surface area (TPSA) is 180 Å². The van der Waals surface area contributed by atoms with Crippen LogP contribution in [-0.2, 0) is 51.1 Å². The first kappa shape index (κ1) is 47.2. The van der Waals surface area contributed by atoms with Crippen LogP contribution in [0.5, 0.6) is 0 Å². The van der Waals surface area contributed by atoms with Crippen LogP contribution in [0.15, 0.2) is 54.3 Å². The molecule has 350 valence electrons. The number of aromatic nitrogens is 2. The Balaban J connectivity index is 1.25. The van der Waals surface area contributed by atoms with Crippen LogP contribution in [-0.4, -0.2) is 130 Å². The monoisotopic (exact) mass is 895 g/mol. The maximum atomic E-state index is 14.6. The van der Waals surface area contributed by atoms with Crippen LogP contribution in [0.2, 0.25) is 0 Å². The molecule has 4 aliphatic heterocycles. The van der Waals surface area contributed by atoms with Gasteiger partial charge in [-0.05, 0) is 81.4 Å². The minimum absolute atomic E-state index is 0.109. The predicted octanol–water partition coefficient (Wildman–Crippen LogP) is 4.72. The van der Waals surface area contributed by atoms with E-state index in [1.54, 1.807) is 30.3 Å². The lowest BCUT2D eigenvalue weighted by atomic mass is 9.84. The molecule has 17 nitrogen and oxygen atoms in total. The van der Waals surface area contributed by atoms with Gasteiger partial charge in [-0.3, -0.25) is 39.0 Å². The molecular formula is C48H65N9O8. The van der Waals surface area contributed by atoms with Crippen LogP contribution in [0.3, 0.4) is 0 Å². The third-order valence-corrected chi connectivity index (χ3v) is 13.2. The summed E-state index contributed by atoms with van der Waals surface area (Å²) in [5.74, 6) is -2.61. The number of hydrazone groups is 1. The maximum absolute atomic E-state index is 14.6. The number of methoxy groups -OCH3 is 1. The molecule has 17 heteroatoms. The van der Waals surface area contributed by atoms with Crippen molar-refractivity contribution < 1.29 is 38.2 Å². The summed E-state index contributed by atoms with van der Waals surface area (Å²) in [7, 11) is 5.07. The van der Waals surface area contributed by atoms with Gasteiger partial charge in [0.1, 0.15) is 18.1 Å². The fourth-order valence-corrected chi connectivity index (χ4v) is 9.77. The second-order valence-corrected chi connectivity index (χ2v) is 18.8. The van der Waals surface area contributed by atoms with E-state index >= 15 is 0 Å². The normalized spacial score (nSPS) is 23.4. The number of fused-ring (bicyclic) bond motifs is 6. The lowest BCUT2D eigenvalue weighted by molar-refractivity contribution is -0.155. The van der Waals surface area contributed by atoms with Crippen LogP contribution in [0.4, 0.5) is 0 Å². The first-order chi connectivity index (χ1) is 31.0. The summed E-state index contributed by atoms with van der Waals surface area (Å²) in [6, 6.07) is 7.31. The molecular weight excluding hydrogens is 831 g/mol. The van der Waals surface area contributed by atoms with E-state index in [1.165, 1.54) is 16.0 Å². The number of pyridine rings is 1. The number of rotatable bonds is 10. The minimum atomic E-state index is -1.19. The third kappa shape index (κ3) is 9.62. The smallest absolute Gasteiger partial charge is 0.324 e. The summed E-state index contributed by atoms with van der Waals surface area (Å²) in [5.41, 5.74) is 8.27. The Labute approximate surface area is 381 Å². The van der Waals surface area contributed by atoms with Crippen molar-refractivity contribution in [2.45, 2.75) is 111 Å². The van der Waals surface area contributed by atoms with E-state index in [9.17, 15) is 24.0 Å². The molecule has 4 amide bonds. The van der Waals surface area contributed by atoms with Gasteiger partial charge in [0.05, 0.1) is 36.4 Å². The molecule has 0 radical (unpaired) electrons. The molecule has 0 saturated carbocycles. The van der Waals surface area contributed by atoms with Crippen LogP contribution >= 0.6 is 0 Å². The fraction of sp³-hybridized carbons (Fsp3) is 0.562. The molecule has 2 aromatic heterocycles. The molecule has 4 aliphatic rings. The minimum Gasteiger partial charge on any atom is -0.464 e. The highest BCUT2D eigenvalue weighted by Crippen LogP contribution is 2.42. The summed E-state index contributed by atoms with van der Waals surface area (Å²) >= 11 is 0. The number of amides is 4. The van der Waals surface area contributed by atoms with Gasteiger partial charge in [-0.25, -0.2) is 5.43 Å². The zero-order chi connectivity index (χ0) is 46.9. The van der Waals surface area contributed by atoms with Gasteiger partial charge in [0, 0.05) is 81.0 Å². The highest BCUT2D eigenvalue weighted by atomic mass is 16.5. The Bertz CT molecular complexity index is 2360. The maximum Gasteiger partial charge on any atom is 0.324 e. The van der Waals surface area contributed by atoms with Crippen LogP contribution in [0.1, 0.15) is 96.4 Å². The van der Waals surface area contributed by atoms with E-state index in [2.05, 4.69) is 60.9 Å². The van der Waals surface area contributed by atoms with Gasteiger partial charge in [0.15, 0.2) is 0 Å². The number of hydrogen-bond donors (Lipinski definition) is 2. The highest BCUT2D eigenvalue weighted by molar-refractivity contribution is 5.96. The van der Waals surface area contributed by atoms with Gasteiger partial charge in [-0.15, -0.1) is 5.10 Å². The molecule has 6 heterocycles. The van der Waals surface area contributed by atoms with Gasteiger partial charge >= 0.3 is 5.97 Å². The van der Waals surface area contributed by atoms with Crippen molar-refractivity contribution in [2.24, 2.45) is 22.4 Å². The van der Waals surface area contributed by atoms with Crippen molar-refractivity contribution in [1.29, 1.82) is 0 Å². The van der Waals surface area contributed by atoms with Gasteiger partial charge in [0.25, 0.3) is 5.91 Å². The Hall–Kier alpha value is -5.81. The van der Waals surface area contributed by atoms with Crippen molar-refractivity contribution in [3.8, 4) is 11.3 Å². The Morgan fingerprint density at radius 2 is 1.91 bits per heavy atom. The average molecular weight is 896 g/mol. The number of likely N-dealkylation sites (tertiary alicyclic amines) is 1. The molecule has 3 aromatic rings. The predicted molar refractivity (Wildman–Crippen MR) is 244 cm³/mol. The highest BCUT2D eigenvalue weighted by Gasteiger charge is 2.42. The number of aryl methyl sites for hydroxylation is 1. The van der Waals surface area contributed by atoms with E-state index in [-0.39, 0.29) is 55.9 Å². The summed E-state index contributed by atoms with van der Waals surface area (Å²) in [6.07, 6.45) is 3.94. The first-order valence-electron chi connectivity index (χ1n) is 22.8. The van der Waals surface area contributed by atoms with Crippen molar-refractivity contribution in [3.05, 3.63) is 66.0 Å². The summed E-state index contributed by atoms with van der Waals surface area (Å²) in [5, 5.41) is 11.8. The standard InChI is InChI=1S/C48H65N9O8/c1-11-39(58)55-22-19-31(26-55)44(60)53(8)41(28(3)4)43(59)50-36-24-38-52-54(9)46(65-38)30-17-18-37-33(23-30)34(42(56(37)12-2)32-15-13-20-49-40(32)29(5)63-10)25-48(6,7)27-64-47(62)35-16-14-21-57(51-35)45(36)61/h11,13,15,17-18,20,23,28-29,31,35-36,41,46,51H,1,12,14,16,19,21-22,24-27H2,2-10H3,(H,50,59)/t29-,31-,35-,36-,41-,46?/m0/s1. The molecule has 1 unspecified atom stereocenters. The zero-order valence-electron chi connectivity index (χ0n) is 39.3. The summed E-state index contributed by atoms with van der Waals surface area (Å²) in [4.78, 5) is 76.9. The number of esters is 1. The molecule has 6 atom stereocenters. The fourth-order valence-electron chi connectivity index (χ4n) is 9.77. The summed E-state index contributed by atoms with van der Waals surface area (Å²) in [6.45, 7) is 17.2. The Morgan fingerprint density at radius 3 is 2.62 bits per heavy atom. The largest absolute Gasteiger partial charge is 0.464 e. The van der Waals surface area contributed by atoms with Crippen LogP contribution < -0.4 is 10.7 Å². The summed E-state index contributed by atoms with van der Waals surface area (Å²) < 4.78 is 20.8. The molecule has 2 fully saturated rings. The van der Waals surface area contributed by atoms with Gasteiger partial charge in [-0.1, -0.05) is 40.3 Å². The number of hydrazine groups is 1. The lowest BCUT2D eigenvalue weighted by Crippen LogP contribution is -2.62. The lowest BCUT2D eigenvalue weighted by Gasteiger charge is -2.37. The number of benzene rings is 1. The third-order valence-electron chi connectivity index (χ3n) is 13.2. The molecule has 0 spiro atoms. The number of carbonyl (C=O) groups is 5. The molecule has 2 saturated heterocycles.